The number of aromatic nitrogens is 2. The highest BCUT2D eigenvalue weighted by atomic mass is 16.6. The van der Waals surface area contributed by atoms with E-state index >= 15 is 0 Å². The summed E-state index contributed by atoms with van der Waals surface area (Å²) in [4.78, 5) is 27.1. The number of likely N-dealkylation sites (tertiary alicyclic amines) is 1. The minimum atomic E-state index is -0.985. The molecule has 0 saturated carbocycles. The number of carboxylic acid groups (broad SMARTS) is 1. The zero-order chi connectivity index (χ0) is 11.5. The Kier molecular flexibility index (Phi) is 2.76. The predicted octanol–water partition coefficient (Wildman–Crippen LogP) is 0.620. The third kappa shape index (κ3) is 2.13. The van der Waals surface area contributed by atoms with Crippen molar-refractivity contribution < 1.29 is 19.4 Å². The molecular weight excluding hydrogens is 214 g/mol. The van der Waals surface area contributed by atoms with Gasteiger partial charge in [0.05, 0.1) is 6.54 Å². The molecule has 1 N–H and O–H groups in total. The molecule has 2 heterocycles. The molecule has 7 heteroatoms. The summed E-state index contributed by atoms with van der Waals surface area (Å²) >= 11 is 0. The monoisotopic (exact) mass is 225 g/mol. The Hall–Kier alpha value is -2.05. The predicted molar refractivity (Wildman–Crippen MR) is 52.1 cm³/mol. The lowest BCUT2D eigenvalue weighted by atomic mass is 10.3. The number of imidazole rings is 1. The molecule has 0 aliphatic carbocycles. The fourth-order valence-corrected chi connectivity index (χ4v) is 1.57. The number of hydrogen-bond donors (Lipinski definition) is 1. The number of ether oxygens (including phenoxy) is 1. The second kappa shape index (κ2) is 4.21. The fraction of sp³-hybridized carbons (Fsp3) is 0.444. The first-order chi connectivity index (χ1) is 7.66. The van der Waals surface area contributed by atoms with Gasteiger partial charge in [0, 0.05) is 25.4 Å². The highest BCUT2D eigenvalue weighted by molar-refractivity contribution is 5.70. The van der Waals surface area contributed by atoms with E-state index in [1.165, 1.54) is 28.2 Å². The largest absolute Gasteiger partial charge is 0.465 e. The molecule has 1 amide bonds. The van der Waals surface area contributed by atoms with Crippen LogP contribution in [0.5, 0.6) is 0 Å². The second-order valence-electron chi connectivity index (χ2n) is 3.49. The van der Waals surface area contributed by atoms with E-state index in [0.717, 1.165) is 0 Å². The number of nitrogens with zero attached hydrogens (tertiary/aromatic N) is 3. The molecule has 1 aliphatic rings. The maximum absolute atomic E-state index is 11.5. The van der Waals surface area contributed by atoms with E-state index in [9.17, 15) is 9.59 Å². The van der Waals surface area contributed by atoms with Crippen molar-refractivity contribution in [1.82, 2.24) is 14.5 Å². The zero-order valence-corrected chi connectivity index (χ0v) is 8.44. The Balaban J connectivity index is 1.88. The molecule has 1 aromatic rings. The normalized spacial score (nSPS) is 19.8. The Morgan fingerprint density at radius 1 is 1.50 bits per heavy atom. The van der Waals surface area contributed by atoms with E-state index in [0.29, 0.717) is 13.0 Å². The molecule has 16 heavy (non-hydrogen) atoms. The van der Waals surface area contributed by atoms with Gasteiger partial charge in [-0.2, -0.15) is 0 Å². The van der Waals surface area contributed by atoms with Gasteiger partial charge in [-0.1, -0.05) is 0 Å². The summed E-state index contributed by atoms with van der Waals surface area (Å²) < 4.78 is 6.33. The van der Waals surface area contributed by atoms with Crippen molar-refractivity contribution >= 4 is 12.2 Å². The van der Waals surface area contributed by atoms with Crippen molar-refractivity contribution in [2.24, 2.45) is 0 Å². The minimum Gasteiger partial charge on any atom is -0.465 e. The SMILES string of the molecule is O=C(O)N1CC[C@H](OC(=O)n2ccnc2)C1. The summed E-state index contributed by atoms with van der Waals surface area (Å²) in [6, 6.07) is 0. The Morgan fingerprint density at radius 3 is 2.88 bits per heavy atom. The lowest BCUT2D eigenvalue weighted by Gasteiger charge is -2.13. The molecule has 2 rings (SSSR count). The average Bonchev–Trinajstić information content (AvgIpc) is 2.87. The molecule has 1 aromatic heterocycles. The summed E-state index contributed by atoms with van der Waals surface area (Å²) in [7, 11) is 0. The van der Waals surface area contributed by atoms with E-state index < -0.39 is 12.2 Å². The molecule has 0 spiro atoms. The number of carbonyl (C=O) groups excluding carboxylic acids is 1. The number of amides is 1. The molecule has 0 radical (unpaired) electrons. The van der Waals surface area contributed by atoms with Crippen LogP contribution in [0.1, 0.15) is 6.42 Å². The van der Waals surface area contributed by atoms with E-state index in [-0.39, 0.29) is 12.6 Å². The van der Waals surface area contributed by atoms with Crippen molar-refractivity contribution in [2.75, 3.05) is 13.1 Å². The van der Waals surface area contributed by atoms with Crippen molar-refractivity contribution in [3.63, 3.8) is 0 Å². The van der Waals surface area contributed by atoms with Gasteiger partial charge in [-0.3, -0.25) is 0 Å². The van der Waals surface area contributed by atoms with Crippen molar-refractivity contribution in [1.29, 1.82) is 0 Å². The quantitative estimate of drug-likeness (QED) is 0.757. The molecule has 0 aromatic carbocycles. The van der Waals surface area contributed by atoms with Crippen LogP contribution in [0.15, 0.2) is 18.7 Å². The highest BCUT2D eigenvalue weighted by Crippen LogP contribution is 2.13. The first-order valence-electron chi connectivity index (χ1n) is 4.83. The number of carbonyl (C=O) groups is 2. The van der Waals surface area contributed by atoms with Gasteiger partial charge in [0.2, 0.25) is 0 Å². The van der Waals surface area contributed by atoms with Crippen molar-refractivity contribution in [3.8, 4) is 0 Å². The third-order valence-corrected chi connectivity index (χ3v) is 2.40. The van der Waals surface area contributed by atoms with Crippen LogP contribution >= 0.6 is 0 Å². The van der Waals surface area contributed by atoms with E-state index in [1.54, 1.807) is 0 Å². The zero-order valence-electron chi connectivity index (χ0n) is 8.44. The Bertz CT molecular complexity index is 389. The third-order valence-electron chi connectivity index (χ3n) is 2.40. The van der Waals surface area contributed by atoms with E-state index in [1.807, 2.05) is 0 Å². The number of hydrogen-bond acceptors (Lipinski definition) is 4. The number of rotatable bonds is 1. The van der Waals surface area contributed by atoms with Crippen LogP contribution in [0.25, 0.3) is 0 Å². The van der Waals surface area contributed by atoms with Gasteiger partial charge in [0.15, 0.2) is 0 Å². The van der Waals surface area contributed by atoms with Crippen LogP contribution in [0, 0.1) is 0 Å². The maximum Gasteiger partial charge on any atom is 0.419 e. The van der Waals surface area contributed by atoms with Gasteiger partial charge in [0.1, 0.15) is 12.4 Å². The van der Waals surface area contributed by atoms with Crippen LogP contribution in [0.2, 0.25) is 0 Å². The lowest BCUT2D eigenvalue weighted by Crippen LogP contribution is -2.29. The summed E-state index contributed by atoms with van der Waals surface area (Å²) in [5, 5.41) is 8.72. The Labute approximate surface area is 91.2 Å². The van der Waals surface area contributed by atoms with Crippen LogP contribution in [-0.2, 0) is 4.74 Å². The fourth-order valence-electron chi connectivity index (χ4n) is 1.57. The Morgan fingerprint density at radius 2 is 2.31 bits per heavy atom. The summed E-state index contributed by atoms with van der Waals surface area (Å²) in [5.41, 5.74) is 0. The molecule has 86 valence electrons. The topological polar surface area (TPSA) is 84.7 Å². The summed E-state index contributed by atoms with van der Waals surface area (Å²) in [6.45, 7) is 0.632. The van der Waals surface area contributed by atoms with Gasteiger partial charge in [-0.05, 0) is 0 Å². The molecular formula is C9H11N3O4. The highest BCUT2D eigenvalue weighted by Gasteiger charge is 2.28. The molecule has 1 aliphatic heterocycles. The molecule has 7 nitrogen and oxygen atoms in total. The first kappa shape index (κ1) is 10.5. The second-order valence-corrected chi connectivity index (χ2v) is 3.49. The summed E-state index contributed by atoms with van der Waals surface area (Å²) in [6.07, 6.45) is 2.94. The van der Waals surface area contributed by atoms with Crippen LogP contribution in [0.3, 0.4) is 0 Å². The van der Waals surface area contributed by atoms with E-state index in [4.69, 9.17) is 9.84 Å². The molecule has 1 atom stereocenters. The molecule has 1 saturated heterocycles. The van der Waals surface area contributed by atoms with Crippen molar-refractivity contribution in [3.05, 3.63) is 18.7 Å². The smallest absolute Gasteiger partial charge is 0.419 e. The van der Waals surface area contributed by atoms with Gasteiger partial charge in [-0.15, -0.1) is 0 Å². The van der Waals surface area contributed by atoms with Gasteiger partial charge >= 0.3 is 12.2 Å². The molecule has 0 bridgehead atoms. The van der Waals surface area contributed by atoms with Gasteiger partial charge in [0.25, 0.3) is 0 Å². The first-order valence-corrected chi connectivity index (χ1v) is 4.83. The van der Waals surface area contributed by atoms with Crippen LogP contribution < -0.4 is 0 Å². The van der Waals surface area contributed by atoms with Crippen LogP contribution in [-0.4, -0.2) is 50.9 Å². The maximum atomic E-state index is 11.5. The van der Waals surface area contributed by atoms with Gasteiger partial charge in [-0.25, -0.2) is 19.1 Å². The van der Waals surface area contributed by atoms with Gasteiger partial charge < -0.3 is 14.7 Å². The standard InChI is InChI=1S/C9H11N3O4/c13-8(14)11-3-1-7(5-11)16-9(15)12-4-2-10-6-12/h2,4,6-7H,1,3,5H2,(H,13,14)/t7-/m0/s1. The average molecular weight is 225 g/mol. The molecule has 1 fully saturated rings. The van der Waals surface area contributed by atoms with Crippen molar-refractivity contribution in [2.45, 2.75) is 12.5 Å². The summed E-state index contributed by atoms with van der Waals surface area (Å²) in [5.74, 6) is 0. The minimum absolute atomic E-state index is 0.232. The van der Waals surface area contributed by atoms with E-state index in [2.05, 4.69) is 4.98 Å². The molecule has 0 unspecified atom stereocenters. The van der Waals surface area contributed by atoms with Crippen LogP contribution in [0.4, 0.5) is 9.59 Å². The lowest BCUT2D eigenvalue weighted by molar-refractivity contribution is 0.0987.